The Kier molecular flexibility index (Phi) is 4.00. The highest BCUT2D eigenvalue weighted by atomic mass is 16.2. The maximum atomic E-state index is 12.2. The van der Waals surface area contributed by atoms with Crippen molar-refractivity contribution in [2.24, 2.45) is 16.7 Å². The molecular formula is C15H28N2O. The van der Waals surface area contributed by atoms with Gasteiger partial charge in [0.2, 0.25) is 5.91 Å². The smallest absolute Gasteiger partial charge is 0.227 e. The molecule has 1 saturated carbocycles. The van der Waals surface area contributed by atoms with Gasteiger partial charge in [0.1, 0.15) is 0 Å². The Balaban J connectivity index is 1.74. The van der Waals surface area contributed by atoms with Crippen LogP contribution in [0.5, 0.6) is 0 Å². The van der Waals surface area contributed by atoms with Crippen LogP contribution in [0.25, 0.3) is 0 Å². The molecule has 1 saturated heterocycles. The molecule has 2 fully saturated rings. The van der Waals surface area contributed by atoms with Gasteiger partial charge in [0.15, 0.2) is 0 Å². The molecule has 0 aromatic heterocycles. The lowest BCUT2D eigenvalue weighted by Crippen LogP contribution is -2.42. The van der Waals surface area contributed by atoms with Crippen LogP contribution in [0.15, 0.2) is 0 Å². The van der Waals surface area contributed by atoms with Gasteiger partial charge in [-0.2, -0.15) is 0 Å². The van der Waals surface area contributed by atoms with Crippen LogP contribution < -0.4 is 10.6 Å². The van der Waals surface area contributed by atoms with Crippen LogP contribution in [0.1, 0.15) is 52.9 Å². The molecule has 3 nitrogen and oxygen atoms in total. The van der Waals surface area contributed by atoms with Crippen LogP contribution >= 0.6 is 0 Å². The molecular weight excluding hydrogens is 224 g/mol. The second kappa shape index (κ2) is 5.20. The van der Waals surface area contributed by atoms with Gasteiger partial charge in [0, 0.05) is 13.1 Å². The van der Waals surface area contributed by atoms with Crippen LogP contribution in [0.4, 0.5) is 0 Å². The number of amides is 1. The standard InChI is InChI=1S/C15H28N2O/c1-14(2)6-4-12(5-7-14)10-17-13(18)15(3)8-9-16-11-15/h12,16H,4-11H2,1-3H3,(H,17,18). The van der Waals surface area contributed by atoms with E-state index in [2.05, 4.69) is 31.4 Å². The Morgan fingerprint density at radius 2 is 1.89 bits per heavy atom. The van der Waals surface area contributed by atoms with E-state index >= 15 is 0 Å². The van der Waals surface area contributed by atoms with Gasteiger partial charge in [-0.1, -0.05) is 13.8 Å². The predicted octanol–water partition coefficient (Wildman–Crippen LogP) is 2.32. The van der Waals surface area contributed by atoms with E-state index in [9.17, 15) is 4.79 Å². The minimum Gasteiger partial charge on any atom is -0.355 e. The summed E-state index contributed by atoms with van der Waals surface area (Å²) in [6.45, 7) is 9.47. The Bertz CT molecular complexity index is 296. The third kappa shape index (κ3) is 3.25. The predicted molar refractivity (Wildman–Crippen MR) is 74.3 cm³/mol. The van der Waals surface area contributed by atoms with Crippen molar-refractivity contribution in [3.8, 4) is 0 Å². The summed E-state index contributed by atoms with van der Waals surface area (Å²) in [5.41, 5.74) is 0.343. The third-order valence-corrected chi connectivity index (χ3v) is 4.93. The molecule has 0 spiro atoms. The van der Waals surface area contributed by atoms with Crippen molar-refractivity contribution >= 4 is 5.91 Å². The van der Waals surface area contributed by atoms with Crippen molar-refractivity contribution < 1.29 is 4.79 Å². The molecule has 1 atom stereocenters. The average Bonchev–Trinajstić information content (AvgIpc) is 2.76. The maximum absolute atomic E-state index is 12.2. The number of rotatable bonds is 3. The third-order valence-electron chi connectivity index (χ3n) is 4.93. The number of nitrogens with one attached hydrogen (secondary N) is 2. The van der Waals surface area contributed by atoms with E-state index in [1.807, 2.05) is 0 Å². The summed E-state index contributed by atoms with van der Waals surface area (Å²) in [5, 5.41) is 6.46. The number of carbonyl (C=O) groups excluding carboxylic acids is 1. The van der Waals surface area contributed by atoms with Gasteiger partial charge >= 0.3 is 0 Å². The Hall–Kier alpha value is -0.570. The summed E-state index contributed by atoms with van der Waals surface area (Å²) in [5.74, 6) is 0.942. The van der Waals surface area contributed by atoms with E-state index in [0.717, 1.165) is 26.1 Å². The summed E-state index contributed by atoms with van der Waals surface area (Å²) in [4.78, 5) is 12.2. The topological polar surface area (TPSA) is 41.1 Å². The largest absolute Gasteiger partial charge is 0.355 e. The first-order chi connectivity index (χ1) is 8.41. The van der Waals surface area contributed by atoms with Crippen molar-refractivity contribution in [2.45, 2.75) is 52.9 Å². The first kappa shape index (κ1) is 13.9. The van der Waals surface area contributed by atoms with Crippen molar-refractivity contribution in [1.29, 1.82) is 0 Å². The van der Waals surface area contributed by atoms with E-state index in [4.69, 9.17) is 0 Å². The molecule has 1 amide bonds. The van der Waals surface area contributed by atoms with Gasteiger partial charge in [0.25, 0.3) is 0 Å². The molecule has 18 heavy (non-hydrogen) atoms. The molecule has 104 valence electrons. The summed E-state index contributed by atoms with van der Waals surface area (Å²) in [6.07, 6.45) is 6.10. The fraction of sp³-hybridized carbons (Fsp3) is 0.933. The van der Waals surface area contributed by atoms with Crippen molar-refractivity contribution in [2.75, 3.05) is 19.6 Å². The molecule has 0 radical (unpaired) electrons. The lowest BCUT2D eigenvalue weighted by atomic mass is 9.73. The van der Waals surface area contributed by atoms with Crippen LogP contribution in [0.3, 0.4) is 0 Å². The zero-order valence-electron chi connectivity index (χ0n) is 12.1. The monoisotopic (exact) mass is 252 g/mol. The van der Waals surface area contributed by atoms with Gasteiger partial charge < -0.3 is 10.6 Å². The number of hydrogen-bond donors (Lipinski definition) is 2. The Morgan fingerprint density at radius 1 is 1.22 bits per heavy atom. The molecule has 3 heteroatoms. The van der Waals surface area contributed by atoms with Gasteiger partial charge in [-0.05, 0) is 56.9 Å². The van der Waals surface area contributed by atoms with E-state index in [0.29, 0.717) is 11.3 Å². The average molecular weight is 252 g/mol. The van der Waals surface area contributed by atoms with Gasteiger partial charge in [-0.25, -0.2) is 0 Å². The second-order valence-corrected chi connectivity index (χ2v) is 7.31. The lowest BCUT2D eigenvalue weighted by molar-refractivity contribution is -0.129. The quantitative estimate of drug-likeness (QED) is 0.809. The van der Waals surface area contributed by atoms with E-state index in [1.165, 1.54) is 25.7 Å². The van der Waals surface area contributed by atoms with Crippen molar-refractivity contribution in [3.05, 3.63) is 0 Å². The lowest BCUT2D eigenvalue weighted by Gasteiger charge is -2.34. The highest BCUT2D eigenvalue weighted by Gasteiger charge is 2.36. The van der Waals surface area contributed by atoms with Gasteiger partial charge in [-0.3, -0.25) is 4.79 Å². The minimum atomic E-state index is -0.173. The molecule has 0 aromatic rings. The first-order valence-corrected chi connectivity index (χ1v) is 7.40. The number of hydrogen-bond acceptors (Lipinski definition) is 2. The molecule has 1 heterocycles. The molecule has 0 bridgehead atoms. The zero-order valence-corrected chi connectivity index (χ0v) is 12.1. The summed E-state index contributed by atoms with van der Waals surface area (Å²) in [7, 11) is 0. The fourth-order valence-electron chi connectivity index (χ4n) is 3.12. The summed E-state index contributed by atoms with van der Waals surface area (Å²) >= 11 is 0. The molecule has 0 aromatic carbocycles. The zero-order chi connectivity index (χ0) is 13.2. The molecule has 2 aliphatic rings. The van der Waals surface area contributed by atoms with Crippen molar-refractivity contribution in [3.63, 3.8) is 0 Å². The van der Waals surface area contributed by atoms with Gasteiger partial charge in [-0.15, -0.1) is 0 Å². The fourth-order valence-corrected chi connectivity index (χ4v) is 3.12. The second-order valence-electron chi connectivity index (χ2n) is 7.31. The Morgan fingerprint density at radius 3 is 2.44 bits per heavy atom. The van der Waals surface area contributed by atoms with Gasteiger partial charge in [0.05, 0.1) is 5.41 Å². The molecule has 1 unspecified atom stereocenters. The SMILES string of the molecule is CC1(C)CCC(CNC(=O)C2(C)CCNC2)CC1. The van der Waals surface area contributed by atoms with E-state index < -0.39 is 0 Å². The molecule has 2 N–H and O–H groups in total. The first-order valence-electron chi connectivity index (χ1n) is 7.40. The minimum absolute atomic E-state index is 0.173. The normalized spacial score (nSPS) is 32.4. The maximum Gasteiger partial charge on any atom is 0.227 e. The van der Waals surface area contributed by atoms with Crippen molar-refractivity contribution in [1.82, 2.24) is 10.6 Å². The molecule has 2 rings (SSSR count). The Labute approximate surface area is 111 Å². The molecule has 1 aliphatic carbocycles. The summed E-state index contributed by atoms with van der Waals surface area (Å²) in [6, 6.07) is 0. The van der Waals surface area contributed by atoms with Crippen LogP contribution in [0, 0.1) is 16.7 Å². The highest BCUT2D eigenvalue weighted by Crippen LogP contribution is 2.37. The van der Waals surface area contributed by atoms with Crippen LogP contribution in [-0.2, 0) is 4.79 Å². The molecule has 1 aliphatic heterocycles. The number of carbonyl (C=O) groups is 1. The van der Waals surface area contributed by atoms with Crippen LogP contribution in [-0.4, -0.2) is 25.5 Å². The van der Waals surface area contributed by atoms with E-state index in [1.54, 1.807) is 0 Å². The summed E-state index contributed by atoms with van der Waals surface area (Å²) < 4.78 is 0. The highest BCUT2D eigenvalue weighted by molar-refractivity contribution is 5.82. The van der Waals surface area contributed by atoms with E-state index in [-0.39, 0.29) is 11.3 Å². The van der Waals surface area contributed by atoms with Crippen LogP contribution in [0.2, 0.25) is 0 Å².